The van der Waals surface area contributed by atoms with E-state index >= 15 is 0 Å². The quantitative estimate of drug-likeness (QED) is 0.834. The zero-order chi connectivity index (χ0) is 17.6. The number of fused-ring (bicyclic) bond motifs is 1. The van der Waals surface area contributed by atoms with Gasteiger partial charge in [-0.25, -0.2) is 4.79 Å². The summed E-state index contributed by atoms with van der Waals surface area (Å²) >= 11 is 0. The number of nitrogens with one attached hydrogen (secondary N) is 1. The van der Waals surface area contributed by atoms with Crippen LogP contribution in [0.2, 0.25) is 0 Å². The zero-order valence-electron chi connectivity index (χ0n) is 15.0. The molecule has 0 unspecified atom stereocenters. The monoisotopic (exact) mass is 344 g/mol. The zero-order valence-corrected chi connectivity index (χ0v) is 15.0. The van der Waals surface area contributed by atoms with Crippen molar-refractivity contribution in [2.75, 3.05) is 26.7 Å². The summed E-state index contributed by atoms with van der Waals surface area (Å²) < 4.78 is 4.68. The Kier molecular flexibility index (Phi) is 6.08. The van der Waals surface area contributed by atoms with E-state index in [0.29, 0.717) is 18.7 Å². The number of carbonyl (C=O) groups excluding carboxylic acids is 2. The van der Waals surface area contributed by atoms with Gasteiger partial charge in [-0.1, -0.05) is 31.4 Å². The highest BCUT2D eigenvalue weighted by Crippen LogP contribution is 2.35. The van der Waals surface area contributed by atoms with Crippen molar-refractivity contribution in [2.45, 2.75) is 38.6 Å². The number of benzene rings is 1. The molecule has 3 rings (SSSR count). The number of methoxy groups -OCH3 is 1. The first-order valence-electron chi connectivity index (χ1n) is 9.32. The summed E-state index contributed by atoms with van der Waals surface area (Å²) in [7, 11) is 1.37. The van der Waals surface area contributed by atoms with Gasteiger partial charge in [-0.05, 0) is 48.9 Å². The van der Waals surface area contributed by atoms with Crippen LogP contribution in [-0.2, 0) is 16.1 Å². The molecule has 1 aromatic rings. The molecule has 1 aliphatic carbocycles. The first-order chi connectivity index (χ1) is 12.2. The third-order valence-corrected chi connectivity index (χ3v) is 5.61. The average Bonchev–Trinajstić information content (AvgIpc) is 2.66. The van der Waals surface area contributed by atoms with Gasteiger partial charge in [0.2, 0.25) is 5.91 Å². The first-order valence-corrected chi connectivity index (χ1v) is 9.32. The van der Waals surface area contributed by atoms with Crippen LogP contribution in [0, 0.1) is 11.8 Å². The molecule has 1 saturated carbocycles. The van der Waals surface area contributed by atoms with Crippen molar-refractivity contribution in [3.05, 3.63) is 35.4 Å². The number of esters is 1. The SMILES string of the molecule is COC(=O)c1ccc(CNC(=O)CN2CC[C@@H]3CCCC[C@@H]3C2)cc1. The Bertz CT molecular complexity index is 599. The fraction of sp³-hybridized carbons (Fsp3) is 0.600. The van der Waals surface area contributed by atoms with E-state index in [1.165, 1.54) is 39.2 Å². The van der Waals surface area contributed by atoms with Crippen molar-refractivity contribution >= 4 is 11.9 Å². The molecule has 0 radical (unpaired) electrons. The second-order valence-corrected chi connectivity index (χ2v) is 7.29. The Morgan fingerprint density at radius 3 is 2.56 bits per heavy atom. The second-order valence-electron chi connectivity index (χ2n) is 7.29. The number of hydrogen-bond donors (Lipinski definition) is 1. The van der Waals surface area contributed by atoms with Crippen molar-refractivity contribution in [2.24, 2.45) is 11.8 Å². The van der Waals surface area contributed by atoms with Crippen LogP contribution in [0.5, 0.6) is 0 Å². The summed E-state index contributed by atoms with van der Waals surface area (Å²) in [5, 5.41) is 2.98. The summed E-state index contributed by atoms with van der Waals surface area (Å²) in [6, 6.07) is 7.14. The molecular formula is C20H28N2O3. The van der Waals surface area contributed by atoms with E-state index in [4.69, 9.17) is 0 Å². The van der Waals surface area contributed by atoms with Crippen molar-refractivity contribution < 1.29 is 14.3 Å². The standard InChI is InChI=1S/C20H28N2O3/c1-25-20(24)17-8-6-15(7-9-17)12-21-19(23)14-22-11-10-16-4-2-3-5-18(16)13-22/h6-9,16,18H,2-5,10-14H2,1H3,(H,21,23)/t16-,18+/m0/s1. The van der Waals surface area contributed by atoms with Gasteiger partial charge in [0.25, 0.3) is 0 Å². The number of piperidine rings is 1. The fourth-order valence-electron chi connectivity index (χ4n) is 4.16. The number of likely N-dealkylation sites (tertiary alicyclic amines) is 1. The van der Waals surface area contributed by atoms with E-state index in [1.807, 2.05) is 12.1 Å². The molecule has 1 amide bonds. The minimum atomic E-state index is -0.346. The highest BCUT2D eigenvalue weighted by atomic mass is 16.5. The maximum atomic E-state index is 12.2. The molecule has 0 spiro atoms. The molecule has 25 heavy (non-hydrogen) atoms. The van der Waals surface area contributed by atoms with Crippen LogP contribution in [0.1, 0.15) is 48.0 Å². The Balaban J connectivity index is 1.43. The van der Waals surface area contributed by atoms with E-state index in [9.17, 15) is 9.59 Å². The maximum absolute atomic E-state index is 12.2. The van der Waals surface area contributed by atoms with E-state index in [0.717, 1.165) is 30.5 Å². The topological polar surface area (TPSA) is 58.6 Å². The van der Waals surface area contributed by atoms with Crippen LogP contribution in [-0.4, -0.2) is 43.5 Å². The molecule has 1 N–H and O–H groups in total. The predicted molar refractivity (Wildman–Crippen MR) is 96.1 cm³/mol. The summed E-state index contributed by atoms with van der Waals surface area (Å²) in [5.41, 5.74) is 1.50. The molecule has 5 nitrogen and oxygen atoms in total. The summed E-state index contributed by atoms with van der Waals surface area (Å²) in [4.78, 5) is 26.0. The molecule has 1 aliphatic heterocycles. The van der Waals surface area contributed by atoms with Crippen molar-refractivity contribution in [3.8, 4) is 0 Å². The fourth-order valence-corrected chi connectivity index (χ4v) is 4.16. The minimum Gasteiger partial charge on any atom is -0.465 e. The van der Waals surface area contributed by atoms with Crippen molar-refractivity contribution in [1.29, 1.82) is 0 Å². The molecule has 1 aromatic carbocycles. The van der Waals surface area contributed by atoms with Crippen LogP contribution in [0.4, 0.5) is 0 Å². The third-order valence-electron chi connectivity index (χ3n) is 5.61. The van der Waals surface area contributed by atoms with Crippen molar-refractivity contribution in [1.82, 2.24) is 10.2 Å². The highest BCUT2D eigenvalue weighted by Gasteiger charge is 2.31. The Labute approximate surface area is 149 Å². The molecule has 5 heteroatoms. The number of rotatable bonds is 5. The summed E-state index contributed by atoms with van der Waals surface area (Å²) in [5.74, 6) is 1.41. The van der Waals surface area contributed by atoms with Crippen LogP contribution >= 0.6 is 0 Å². The van der Waals surface area contributed by atoms with Gasteiger partial charge in [0.1, 0.15) is 0 Å². The predicted octanol–water partition coefficient (Wildman–Crippen LogP) is 2.60. The molecule has 2 aliphatic rings. The minimum absolute atomic E-state index is 0.0753. The number of ether oxygens (including phenoxy) is 1. The van der Waals surface area contributed by atoms with E-state index in [2.05, 4.69) is 15.0 Å². The molecule has 0 aromatic heterocycles. The summed E-state index contributed by atoms with van der Waals surface area (Å²) in [6.45, 7) is 3.10. The van der Waals surface area contributed by atoms with Gasteiger partial charge in [0, 0.05) is 13.1 Å². The van der Waals surface area contributed by atoms with E-state index in [1.54, 1.807) is 12.1 Å². The number of carbonyl (C=O) groups is 2. The Morgan fingerprint density at radius 1 is 1.12 bits per heavy atom. The third kappa shape index (κ3) is 4.82. The normalized spacial score (nSPS) is 23.6. The smallest absolute Gasteiger partial charge is 0.337 e. The number of hydrogen-bond acceptors (Lipinski definition) is 4. The van der Waals surface area contributed by atoms with E-state index in [-0.39, 0.29) is 11.9 Å². The summed E-state index contributed by atoms with van der Waals surface area (Å²) in [6.07, 6.45) is 6.69. The molecule has 2 fully saturated rings. The lowest BCUT2D eigenvalue weighted by Crippen LogP contribution is -2.46. The largest absolute Gasteiger partial charge is 0.465 e. The number of amides is 1. The second kappa shape index (κ2) is 8.48. The van der Waals surface area contributed by atoms with Gasteiger partial charge in [-0.15, -0.1) is 0 Å². The maximum Gasteiger partial charge on any atom is 0.337 e. The van der Waals surface area contributed by atoms with E-state index < -0.39 is 0 Å². The van der Waals surface area contributed by atoms with Crippen LogP contribution in [0.15, 0.2) is 24.3 Å². The van der Waals surface area contributed by atoms with Crippen molar-refractivity contribution in [3.63, 3.8) is 0 Å². The molecule has 0 bridgehead atoms. The Morgan fingerprint density at radius 2 is 1.84 bits per heavy atom. The van der Waals surface area contributed by atoms with Crippen LogP contribution < -0.4 is 5.32 Å². The van der Waals surface area contributed by atoms with Gasteiger partial charge in [-0.3, -0.25) is 9.69 Å². The highest BCUT2D eigenvalue weighted by molar-refractivity contribution is 5.89. The van der Waals surface area contributed by atoms with Gasteiger partial charge >= 0.3 is 5.97 Å². The van der Waals surface area contributed by atoms with Crippen LogP contribution in [0.25, 0.3) is 0 Å². The van der Waals surface area contributed by atoms with Gasteiger partial charge in [-0.2, -0.15) is 0 Å². The van der Waals surface area contributed by atoms with Gasteiger partial charge in [0.05, 0.1) is 19.2 Å². The lowest BCUT2D eigenvalue weighted by Gasteiger charge is -2.41. The van der Waals surface area contributed by atoms with Gasteiger partial charge in [0.15, 0.2) is 0 Å². The van der Waals surface area contributed by atoms with Gasteiger partial charge < -0.3 is 10.1 Å². The lowest BCUT2D eigenvalue weighted by atomic mass is 9.75. The lowest BCUT2D eigenvalue weighted by molar-refractivity contribution is -0.123. The number of nitrogens with zero attached hydrogens (tertiary/aromatic N) is 1. The molecule has 1 saturated heterocycles. The Hall–Kier alpha value is -1.88. The average molecular weight is 344 g/mol. The first kappa shape index (κ1) is 17.9. The molecule has 2 atom stereocenters. The molecular weight excluding hydrogens is 316 g/mol. The molecule has 1 heterocycles. The van der Waals surface area contributed by atoms with Crippen LogP contribution in [0.3, 0.4) is 0 Å². The molecule has 136 valence electrons.